The van der Waals surface area contributed by atoms with Crippen molar-refractivity contribution < 1.29 is 0 Å². The van der Waals surface area contributed by atoms with Gasteiger partial charge in [-0.25, -0.2) is 0 Å². The van der Waals surface area contributed by atoms with Crippen molar-refractivity contribution in [3.05, 3.63) is 224 Å². The molecule has 11 rings (SSSR count). The van der Waals surface area contributed by atoms with Crippen LogP contribution in [-0.2, 0) is 0 Å². The molecule has 0 saturated heterocycles. The van der Waals surface area contributed by atoms with Crippen LogP contribution >= 0.6 is 0 Å². The zero-order valence-corrected chi connectivity index (χ0v) is 31.2. The lowest BCUT2D eigenvalue weighted by Gasteiger charge is -2.26. The fourth-order valence-electron chi connectivity index (χ4n) is 8.64. The maximum atomic E-state index is 2.39. The number of hydrogen-bond donors (Lipinski definition) is 0. The average molecular weight is 728 g/mol. The maximum Gasteiger partial charge on any atom is 0.0547 e. The Bertz CT molecular complexity index is 3200. The van der Waals surface area contributed by atoms with E-state index in [9.17, 15) is 0 Å². The van der Waals surface area contributed by atoms with Gasteiger partial charge in [0.05, 0.1) is 22.1 Å². The van der Waals surface area contributed by atoms with Gasteiger partial charge in [-0.05, 0) is 107 Å². The lowest BCUT2D eigenvalue weighted by molar-refractivity contribution is 1.18. The smallest absolute Gasteiger partial charge is 0.0547 e. The molecule has 11 aromatic rings. The molecule has 0 N–H and O–H groups in total. The molecule has 0 aliphatic carbocycles. The lowest BCUT2D eigenvalue weighted by atomic mass is 10.0. The van der Waals surface area contributed by atoms with Crippen molar-refractivity contribution in [1.29, 1.82) is 0 Å². The normalized spacial score (nSPS) is 11.5. The van der Waals surface area contributed by atoms with Crippen LogP contribution in [0, 0.1) is 0 Å². The molecular weight excluding hydrogens is 691 g/mol. The molecule has 268 valence electrons. The second kappa shape index (κ2) is 13.6. The first-order valence-corrected chi connectivity index (χ1v) is 19.5. The van der Waals surface area contributed by atoms with Crippen molar-refractivity contribution in [2.45, 2.75) is 0 Å². The predicted molar refractivity (Wildman–Crippen MR) is 241 cm³/mol. The zero-order chi connectivity index (χ0) is 37.7. The van der Waals surface area contributed by atoms with Crippen LogP contribution in [0.1, 0.15) is 0 Å². The summed E-state index contributed by atoms with van der Waals surface area (Å²) in [5, 5.41) is 4.96. The molecule has 9 aromatic carbocycles. The van der Waals surface area contributed by atoms with Crippen LogP contribution in [0.4, 0.5) is 17.1 Å². The summed E-state index contributed by atoms with van der Waals surface area (Å²) in [6, 6.07) is 81.0. The van der Waals surface area contributed by atoms with E-state index in [0.717, 1.165) is 28.4 Å². The molecule has 0 radical (unpaired) electrons. The number of rotatable bonds is 7. The Morgan fingerprint density at radius 3 is 1.39 bits per heavy atom. The summed E-state index contributed by atoms with van der Waals surface area (Å²) in [6.07, 6.45) is 0. The van der Waals surface area contributed by atoms with Gasteiger partial charge in [-0.15, -0.1) is 0 Å². The molecule has 0 saturated carbocycles. The number of hydrogen-bond acceptors (Lipinski definition) is 1. The van der Waals surface area contributed by atoms with Gasteiger partial charge in [0.2, 0.25) is 0 Å². The molecule has 0 spiro atoms. The third-order valence-electron chi connectivity index (χ3n) is 11.3. The van der Waals surface area contributed by atoms with Crippen molar-refractivity contribution in [1.82, 2.24) is 9.13 Å². The Kier molecular flexibility index (Phi) is 7.82. The molecule has 0 amide bonds. The van der Waals surface area contributed by atoms with Gasteiger partial charge in [-0.2, -0.15) is 0 Å². The highest BCUT2D eigenvalue weighted by atomic mass is 15.1. The summed E-state index contributed by atoms with van der Waals surface area (Å²) in [5.74, 6) is 0. The summed E-state index contributed by atoms with van der Waals surface area (Å²) in [7, 11) is 0. The SMILES string of the molecule is c1ccc(-c2ccc(-n3c4ccccc4c4cc(N(c5ccccc5)c5ccc(-c6ccc7c8ccccc8n(-c8ccccc8)c7c6)cc5)ccc43)cc2)cc1. The molecule has 0 fully saturated rings. The van der Waals surface area contributed by atoms with Crippen LogP contribution < -0.4 is 4.90 Å². The van der Waals surface area contributed by atoms with Crippen LogP contribution in [0.15, 0.2) is 224 Å². The molecule has 3 heteroatoms. The summed E-state index contributed by atoms with van der Waals surface area (Å²) >= 11 is 0. The number of nitrogens with zero attached hydrogens (tertiary/aromatic N) is 3. The van der Waals surface area contributed by atoms with E-state index < -0.39 is 0 Å². The van der Waals surface area contributed by atoms with Crippen LogP contribution in [-0.4, -0.2) is 9.13 Å². The highest BCUT2D eigenvalue weighted by Crippen LogP contribution is 2.41. The van der Waals surface area contributed by atoms with Crippen molar-refractivity contribution in [2.24, 2.45) is 0 Å². The number of anilines is 3. The van der Waals surface area contributed by atoms with Gasteiger partial charge in [0, 0.05) is 50.0 Å². The van der Waals surface area contributed by atoms with Gasteiger partial charge in [0.25, 0.3) is 0 Å². The molecular formula is C54H37N3. The highest BCUT2D eigenvalue weighted by Gasteiger charge is 2.18. The van der Waals surface area contributed by atoms with E-state index >= 15 is 0 Å². The summed E-state index contributed by atoms with van der Waals surface area (Å²) < 4.78 is 4.77. The third kappa shape index (κ3) is 5.60. The van der Waals surface area contributed by atoms with Gasteiger partial charge >= 0.3 is 0 Å². The largest absolute Gasteiger partial charge is 0.310 e. The van der Waals surface area contributed by atoms with Crippen LogP contribution in [0.5, 0.6) is 0 Å². The Morgan fingerprint density at radius 2 is 0.684 bits per heavy atom. The fourth-order valence-corrected chi connectivity index (χ4v) is 8.64. The number of para-hydroxylation sites is 4. The minimum absolute atomic E-state index is 1.10. The molecule has 0 atom stereocenters. The molecule has 0 bridgehead atoms. The summed E-state index contributed by atoms with van der Waals surface area (Å²) in [5.41, 5.74) is 15.2. The zero-order valence-electron chi connectivity index (χ0n) is 31.2. The van der Waals surface area contributed by atoms with E-state index in [1.165, 1.54) is 65.9 Å². The number of aromatic nitrogens is 2. The quantitative estimate of drug-likeness (QED) is 0.159. The second-order valence-electron chi connectivity index (χ2n) is 14.6. The van der Waals surface area contributed by atoms with Crippen LogP contribution in [0.25, 0.3) is 77.2 Å². The Morgan fingerprint density at radius 1 is 0.246 bits per heavy atom. The van der Waals surface area contributed by atoms with Crippen LogP contribution in [0.2, 0.25) is 0 Å². The van der Waals surface area contributed by atoms with E-state index in [4.69, 9.17) is 0 Å². The maximum absolute atomic E-state index is 2.39. The van der Waals surface area contributed by atoms with Gasteiger partial charge in [0.15, 0.2) is 0 Å². The minimum Gasteiger partial charge on any atom is -0.310 e. The standard InChI is InChI=1S/C54H37N3/c1-4-14-38(15-5-1)39-24-31-45(32-25-39)56-52-23-13-11-21-48(52)50-37-46(33-35-53(50)56)55(42-16-6-2-7-17-42)44-29-26-40(27-30-44)41-28-34-49-47-20-10-12-22-51(47)57(54(49)36-41)43-18-8-3-9-19-43/h1-37H. The summed E-state index contributed by atoms with van der Waals surface area (Å²) in [6.45, 7) is 0. The third-order valence-corrected chi connectivity index (χ3v) is 11.3. The second-order valence-corrected chi connectivity index (χ2v) is 14.6. The van der Waals surface area contributed by atoms with Crippen LogP contribution in [0.3, 0.4) is 0 Å². The van der Waals surface area contributed by atoms with Gasteiger partial charge in [-0.1, -0.05) is 140 Å². The highest BCUT2D eigenvalue weighted by molar-refractivity contribution is 6.11. The van der Waals surface area contributed by atoms with Crippen molar-refractivity contribution in [3.63, 3.8) is 0 Å². The predicted octanol–water partition coefficient (Wildman–Crippen LogP) is 14.7. The van der Waals surface area contributed by atoms with E-state index in [1.807, 2.05) is 0 Å². The monoisotopic (exact) mass is 727 g/mol. The molecule has 3 nitrogen and oxygen atoms in total. The van der Waals surface area contributed by atoms with E-state index in [2.05, 4.69) is 238 Å². The first-order chi connectivity index (χ1) is 28.3. The van der Waals surface area contributed by atoms with Crippen molar-refractivity contribution in [3.8, 4) is 33.6 Å². The van der Waals surface area contributed by atoms with E-state index in [1.54, 1.807) is 0 Å². The molecule has 0 aliphatic heterocycles. The lowest BCUT2D eigenvalue weighted by Crippen LogP contribution is -2.09. The molecule has 2 heterocycles. The van der Waals surface area contributed by atoms with Crippen molar-refractivity contribution in [2.75, 3.05) is 4.90 Å². The number of benzene rings is 9. The van der Waals surface area contributed by atoms with Gasteiger partial charge in [0.1, 0.15) is 0 Å². The molecule has 0 aliphatic rings. The first-order valence-electron chi connectivity index (χ1n) is 19.5. The number of fused-ring (bicyclic) bond motifs is 6. The first kappa shape index (κ1) is 32.8. The Balaban J connectivity index is 1.00. The van der Waals surface area contributed by atoms with E-state index in [0.29, 0.717) is 0 Å². The Labute approximate surface area is 331 Å². The van der Waals surface area contributed by atoms with Gasteiger partial charge < -0.3 is 14.0 Å². The Hall–Kier alpha value is -7.62. The van der Waals surface area contributed by atoms with Crippen molar-refractivity contribution >= 4 is 60.7 Å². The topological polar surface area (TPSA) is 13.1 Å². The van der Waals surface area contributed by atoms with E-state index in [-0.39, 0.29) is 0 Å². The summed E-state index contributed by atoms with van der Waals surface area (Å²) in [4.78, 5) is 2.36. The fraction of sp³-hybridized carbons (Fsp3) is 0. The van der Waals surface area contributed by atoms with Gasteiger partial charge in [-0.3, -0.25) is 0 Å². The molecule has 2 aromatic heterocycles. The molecule has 0 unspecified atom stereocenters. The molecule has 57 heavy (non-hydrogen) atoms. The minimum atomic E-state index is 1.10. The average Bonchev–Trinajstić information content (AvgIpc) is 3.80.